The van der Waals surface area contributed by atoms with Gasteiger partial charge in [-0.05, 0) is 11.8 Å². The van der Waals surface area contributed by atoms with Gasteiger partial charge in [-0.3, -0.25) is 0 Å². The maximum atomic E-state index is 5.30. The highest BCUT2D eigenvalue weighted by Crippen LogP contribution is 2.51. The fourth-order valence-electron chi connectivity index (χ4n) is 1.72. The van der Waals surface area contributed by atoms with E-state index in [1.807, 2.05) is 0 Å². The third kappa shape index (κ3) is 0.786. The quantitative estimate of drug-likeness (QED) is 0.344. The largest absolute Gasteiger partial charge is 0.247 e. The van der Waals surface area contributed by atoms with Gasteiger partial charge < -0.3 is 0 Å². The molecule has 0 aromatic heterocycles. The lowest BCUT2D eigenvalue weighted by atomic mass is 10.3. The molecule has 2 heteroatoms. The molecule has 0 aromatic carbocycles. The number of halogens is 1. The van der Waals surface area contributed by atoms with E-state index < -0.39 is 0 Å². The second-order valence-corrected chi connectivity index (χ2v) is 4.21. The van der Waals surface area contributed by atoms with Crippen molar-refractivity contribution in [2.75, 3.05) is 13.1 Å². The van der Waals surface area contributed by atoms with E-state index in [4.69, 9.17) is 6.42 Å². The van der Waals surface area contributed by atoms with Gasteiger partial charge >= 0.3 is 0 Å². The number of hydrogen-bond donors (Lipinski definition) is 0. The van der Waals surface area contributed by atoms with E-state index >= 15 is 0 Å². The zero-order valence-electron chi connectivity index (χ0n) is 5.05. The molecule has 48 valence electrons. The highest BCUT2D eigenvalue weighted by Gasteiger charge is 2.54. The Morgan fingerprint density at radius 1 is 1.44 bits per heavy atom. The number of fused-ring (bicyclic) bond motifs is 1. The molecule has 1 nitrogen and oxygen atoms in total. The van der Waals surface area contributed by atoms with Gasteiger partial charge in [0.1, 0.15) is 0 Å². The molecule has 0 amide bonds. The Kier molecular flexibility index (Phi) is 1.24. The summed E-state index contributed by atoms with van der Waals surface area (Å²) in [4.78, 5) is 0. The summed E-state index contributed by atoms with van der Waals surface area (Å²) in [5.41, 5.74) is 0. The van der Waals surface area contributed by atoms with Crippen LogP contribution >= 0.6 is 22.9 Å². The van der Waals surface area contributed by atoms with E-state index in [0.29, 0.717) is 5.92 Å². The molecule has 9 heavy (non-hydrogen) atoms. The van der Waals surface area contributed by atoms with Gasteiger partial charge in [-0.2, -0.15) is 0 Å². The van der Waals surface area contributed by atoms with Crippen LogP contribution in [0.15, 0.2) is 0 Å². The first-order valence-electron chi connectivity index (χ1n) is 3.20. The van der Waals surface area contributed by atoms with Gasteiger partial charge in [0.05, 0.1) is 0 Å². The fourth-order valence-corrected chi connectivity index (χ4v) is 2.63. The average molecular weight is 233 g/mol. The Balaban J connectivity index is 2.00. The zero-order chi connectivity index (χ0) is 6.43. The third-order valence-electron chi connectivity index (χ3n) is 2.34. The van der Waals surface area contributed by atoms with Gasteiger partial charge in [-0.15, -0.1) is 12.3 Å². The Bertz CT molecular complexity index is 160. The summed E-state index contributed by atoms with van der Waals surface area (Å²) in [7, 11) is 0. The summed E-state index contributed by atoms with van der Waals surface area (Å²) in [6.07, 6.45) is 5.30. The summed E-state index contributed by atoms with van der Waals surface area (Å²) in [5, 5.41) is 0. The van der Waals surface area contributed by atoms with Crippen LogP contribution in [0.5, 0.6) is 0 Å². The van der Waals surface area contributed by atoms with Crippen LogP contribution in [-0.2, 0) is 0 Å². The molecule has 1 heterocycles. The molecule has 1 saturated carbocycles. The van der Waals surface area contributed by atoms with Gasteiger partial charge in [-0.1, -0.05) is 0 Å². The van der Waals surface area contributed by atoms with E-state index in [1.165, 1.54) is 13.1 Å². The van der Waals surface area contributed by atoms with Gasteiger partial charge in [0.15, 0.2) is 0 Å². The van der Waals surface area contributed by atoms with E-state index in [0.717, 1.165) is 11.8 Å². The van der Waals surface area contributed by atoms with Crippen molar-refractivity contribution >= 4 is 22.9 Å². The van der Waals surface area contributed by atoms with Crippen molar-refractivity contribution < 1.29 is 0 Å². The second kappa shape index (κ2) is 1.86. The molecule has 2 atom stereocenters. The van der Waals surface area contributed by atoms with E-state index in [9.17, 15) is 0 Å². The van der Waals surface area contributed by atoms with E-state index in [1.54, 1.807) is 0 Å². The number of rotatable bonds is 0. The van der Waals surface area contributed by atoms with Crippen LogP contribution in [0.4, 0.5) is 0 Å². The van der Waals surface area contributed by atoms with Crippen LogP contribution < -0.4 is 0 Å². The number of hydrogen-bond acceptors (Lipinski definition) is 1. The Labute approximate surface area is 69.3 Å². The average Bonchev–Trinajstić information content (AvgIpc) is 2.30. The van der Waals surface area contributed by atoms with E-state index in [2.05, 4.69) is 31.9 Å². The first-order chi connectivity index (χ1) is 4.33. The molecule has 2 fully saturated rings. The zero-order valence-corrected chi connectivity index (χ0v) is 7.21. The monoisotopic (exact) mass is 233 g/mol. The fraction of sp³-hybridized carbons (Fsp3) is 0.714. The summed E-state index contributed by atoms with van der Waals surface area (Å²) in [6, 6.07) is 0. The number of terminal acetylenes is 1. The van der Waals surface area contributed by atoms with Crippen LogP contribution in [0.1, 0.15) is 0 Å². The van der Waals surface area contributed by atoms with Crippen LogP contribution in [-0.4, -0.2) is 16.2 Å². The summed E-state index contributed by atoms with van der Waals surface area (Å²) >= 11 is 2.37. The van der Waals surface area contributed by atoms with Gasteiger partial charge in [0.2, 0.25) is 0 Å². The minimum absolute atomic E-state index is 0.635. The van der Waals surface area contributed by atoms with Gasteiger partial charge in [0, 0.05) is 41.9 Å². The molecule has 0 N–H and O–H groups in total. The van der Waals surface area contributed by atoms with E-state index in [-0.39, 0.29) is 0 Å². The molecule has 0 radical (unpaired) electrons. The molecule has 1 aliphatic carbocycles. The maximum absolute atomic E-state index is 5.30. The number of piperidine rings is 1. The summed E-state index contributed by atoms with van der Waals surface area (Å²) < 4.78 is 2.33. The molecular weight excluding hydrogens is 225 g/mol. The summed E-state index contributed by atoms with van der Waals surface area (Å²) in [5.74, 6) is 5.17. The SMILES string of the molecule is C#CC1C2CN(I)CC12. The Morgan fingerprint density at radius 3 is 2.44 bits per heavy atom. The molecule has 0 aromatic rings. The topological polar surface area (TPSA) is 3.24 Å². The lowest BCUT2D eigenvalue weighted by molar-refractivity contribution is 0.530. The highest BCUT2D eigenvalue weighted by atomic mass is 127. The van der Waals surface area contributed by atoms with Crippen molar-refractivity contribution in [3.63, 3.8) is 0 Å². The first-order valence-corrected chi connectivity index (χ1v) is 4.16. The lowest BCUT2D eigenvalue weighted by Crippen LogP contribution is -2.11. The predicted molar refractivity (Wildman–Crippen MR) is 44.9 cm³/mol. The number of nitrogens with zero attached hydrogens (tertiary/aromatic N) is 1. The normalized spacial score (nSPS) is 48.2. The van der Waals surface area contributed by atoms with Crippen LogP contribution in [0.2, 0.25) is 0 Å². The van der Waals surface area contributed by atoms with Gasteiger partial charge in [0.25, 0.3) is 0 Å². The molecule has 2 rings (SSSR count). The smallest absolute Gasteiger partial charge is 0.0288 e. The first kappa shape index (κ1) is 5.99. The predicted octanol–water partition coefficient (Wildman–Crippen LogP) is 1.15. The molecular formula is C7H8IN. The third-order valence-corrected chi connectivity index (χ3v) is 3.13. The Morgan fingerprint density at radius 2 is 2.00 bits per heavy atom. The van der Waals surface area contributed by atoms with Crippen LogP contribution in [0.3, 0.4) is 0 Å². The standard InChI is InChI=1S/C7H8IN/c1-2-5-6-3-9(8)4-7(5)6/h1,5-7H,3-4H2. The van der Waals surface area contributed by atoms with Crippen molar-refractivity contribution in [1.29, 1.82) is 0 Å². The van der Waals surface area contributed by atoms with Crippen molar-refractivity contribution in [3.05, 3.63) is 0 Å². The summed E-state index contributed by atoms with van der Waals surface area (Å²) in [6.45, 7) is 2.44. The molecule has 1 saturated heterocycles. The molecule has 0 bridgehead atoms. The maximum Gasteiger partial charge on any atom is 0.0288 e. The van der Waals surface area contributed by atoms with Crippen molar-refractivity contribution in [3.8, 4) is 12.3 Å². The lowest BCUT2D eigenvalue weighted by Gasteiger charge is -2.06. The molecule has 2 aliphatic rings. The van der Waals surface area contributed by atoms with Crippen molar-refractivity contribution in [2.45, 2.75) is 0 Å². The molecule has 2 unspecified atom stereocenters. The van der Waals surface area contributed by atoms with Crippen LogP contribution in [0, 0.1) is 30.1 Å². The molecule has 1 aliphatic heterocycles. The Hall–Kier alpha value is 0.250. The highest BCUT2D eigenvalue weighted by molar-refractivity contribution is 14.1. The minimum atomic E-state index is 0.635. The van der Waals surface area contributed by atoms with Crippen molar-refractivity contribution in [2.24, 2.45) is 17.8 Å². The van der Waals surface area contributed by atoms with Crippen LogP contribution in [0.25, 0.3) is 0 Å². The van der Waals surface area contributed by atoms with Crippen molar-refractivity contribution in [1.82, 2.24) is 3.11 Å². The van der Waals surface area contributed by atoms with Gasteiger partial charge in [-0.25, -0.2) is 3.11 Å². The second-order valence-electron chi connectivity index (χ2n) is 2.85. The minimum Gasteiger partial charge on any atom is -0.247 e. The molecule has 0 spiro atoms.